The number of halogens is 3. The van der Waals surface area contributed by atoms with Gasteiger partial charge in [-0.05, 0) is 25.0 Å². The molecule has 0 aromatic carbocycles. The molecule has 3 heterocycles. The summed E-state index contributed by atoms with van der Waals surface area (Å²) in [4.78, 5) is 25.2. The van der Waals surface area contributed by atoms with Crippen LogP contribution in [0.25, 0.3) is 0 Å². The van der Waals surface area contributed by atoms with Gasteiger partial charge in [-0.3, -0.25) is 9.78 Å². The Morgan fingerprint density at radius 1 is 1.26 bits per heavy atom. The number of rotatable bonds is 3. The van der Waals surface area contributed by atoms with Gasteiger partial charge in [-0.15, -0.1) is 0 Å². The second-order valence-electron chi connectivity index (χ2n) is 5.89. The number of nitriles is 1. The highest BCUT2D eigenvalue weighted by atomic mass is 19.4. The number of alkyl halides is 3. The topological polar surface area (TPSA) is 92.0 Å². The van der Waals surface area contributed by atoms with E-state index in [1.54, 1.807) is 0 Å². The quantitative estimate of drug-likeness (QED) is 0.816. The highest BCUT2D eigenvalue weighted by molar-refractivity contribution is 5.94. The van der Waals surface area contributed by atoms with Crippen molar-refractivity contribution in [3.8, 4) is 11.9 Å². The maximum absolute atomic E-state index is 12.6. The van der Waals surface area contributed by atoms with Crippen LogP contribution in [0.15, 0.2) is 30.7 Å². The van der Waals surface area contributed by atoms with Crippen LogP contribution < -0.4 is 4.74 Å². The van der Waals surface area contributed by atoms with Crippen LogP contribution in [0.5, 0.6) is 5.88 Å². The third-order valence-corrected chi connectivity index (χ3v) is 4.02. The van der Waals surface area contributed by atoms with Crippen LogP contribution in [0, 0.1) is 11.3 Å². The predicted molar refractivity (Wildman–Crippen MR) is 85.5 cm³/mol. The summed E-state index contributed by atoms with van der Waals surface area (Å²) < 4.78 is 43.5. The maximum atomic E-state index is 12.6. The number of piperidine rings is 1. The molecule has 0 bridgehead atoms. The summed E-state index contributed by atoms with van der Waals surface area (Å²) in [6.45, 7) is 0.673. The predicted octanol–water partition coefficient (Wildman–Crippen LogP) is 2.45. The zero-order valence-corrected chi connectivity index (χ0v) is 14.0. The lowest BCUT2D eigenvalue weighted by Gasteiger charge is -2.32. The van der Waals surface area contributed by atoms with Crippen molar-refractivity contribution >= 4 is 5.91 Å². The van der Waals surface area contributed by atoms with Crippen molar-refractivity contribution in [2.45, 2.75) is 25.1 Å². The minimum atomic E-state index is -4.55. The number of hydrogen-bond acceptors (Lipinski definition) is 6. The van der Waals surface area contributed by atoms with Crippen molar-refractivity contribution in [3.63, 3.8) is 0 Å². The summed E-state index contributed by atoms with van der Waals surface area (Å²) in [6, 6.07) is 3.77. The monoisotopic (exact) mass is 377 g/mol. The van der Waals surface area contributed by atoms with Gasteiger partial charge in [0.05, 0.1) is 12.1 Å². The maximum Gasteiger partial charge on any atom is 0.433 e. The van der Waals surface area contributed by atoms with E-state index in [0.717, 1.165) is 18.3 Å². The van der Waals surface area contributed by atoms with Crippen molar-refractivity contribution in [1.29, 1.82) is 5.26 Å². The minimum absolute atomic E-state index is 0.0490. The van der Waals surface area contributed by atoms with Gasteiger partial charge in [0, 0.05) is 25.1 Å². The summed E-state index contributed by atoms with van der Waals surface area (Å²) in [5.74, 6) is -0.334. The SMILES string of the molecule is N#Cc1nccnc1O[C@@H]1CCCN(C(=O)c2ccc(C(F)(F)F)nc2)C1. The summed E-state index contributed by atoms with van der Waals surface area (Å²) in [6.07, 6.45) is 0.0415. The lowest BCUT2D eigenvalue weighted by molar-refractivity contribution is -0.141. The van der Waals surface area contributed by atoms with Crippen molar-refractivity contribution < 1.29 is 22.7 Å². The van der Waals surface area contributed by atoms with Gasteiger partial charge in [0.1, 0.15) is 17.9 Å². The second-order valence-corrected chi connectivity index (χ2v) is 5.89. The number of aromatic nitrogens is 3. The molecule has 1 amide bonds. The Kier molecular flexibility index (Phi) is 5.21. The first-order valence-corrected chi connectivity index (χ1v) is 8.09. The van der Waals surface area contributed by atoms with Gasteiger partial charge in [0.15, 0.2) is 0 Å². The molecule has 0 N–H and O–H groups in total. The molecule has 0 radical (unpaired) electrons. The van der Waals surface area contributed by atoms with E-state index in [0.29, 0.717) is 19.4 Å². The lowest BCUT2D eigenvalue weighted by Crippen LogP contribution is -2.44. The summed E-state index contributed by atoms with van der Waals surface area (Å²) in [5, 5.41) is 9.03. The second kappa shape index (κ2) is 7.57. The van der Waals surface area contributed by atoms with Crippen molar-refractivity contribution in [3.05, 3.63) is 47.7 Å². The number of carbonyl (C=O) groups excluding carboxylic acids is 1. The van der Waals surface area contributed by atoms with Crippen molar-refractivity contribution in [2.24, 2.45) is 0 Å². The Morgan fingerprint density at radius 3 is 2.70 bits per heavy atom. The summed E-state index contributed by atoms with van der Waals surface area (Å²) in [7, 11) is 0. The molecule has 0 spiro atoms. The summed E-state index contributed by atoms with van der Waals surface area (Å²) >= 11 is 0. The van der Waals surface area contributed by atoms with Gasteiger partial charge in [-0.2, -0.15) is 18.4 Å². The molecule has 1 aliphatic rings. The van der Waals surface area contributed by atoms with Crippen molar-refractivity contribution in [1.82, 2.24) is 19.9 Å². The molecule has 1 saturated heterocycles. The van der Waals surface area contributed by atoms with Gasteiger partial charge >= 0.3 is 6.18 Å². The molecule has 27 heavy (non-hydrogen) atoms. The molecule has 7 nitrogen and oxygen atoms in total. The van der Waals surface area contributed by atoms with E-state index in [1.807, 2.05) is 6.07 Å². The van der Waals surface area contributed by atoms with Crippen LogP contribution in [-0.4, -0.2) is 45.0 Å². The fourth-order valence-electron chi connectivity index (χ4n) is 2.74. The van der Waals surface area contributed by atoms with E-state index in [2.05, 4.69) is 15.0 Å². The van der Waals surface area contributed by atoms with Gasteiger partial charge < -0.3 is 9.64 Å². The molecule has 0 aliphatic carbocycles. The van der Waals surface area contributed by atoms with Gasteiger partial charge in [-0.1, -0.05) is 0 Å². The highest BCUT2D eigenvalue weighted by Gasteiger charge is 2.33. The third kappa shape index (κ3) is 4.31. The van der Waals surface area contributed by atoms with E-state index in [-0.39, 0.29) is 23.7 Å². The number of likely N-dealkylation sites (tertiary alicyclic amines) is 1. The van der Waals surface area contributed by atoms with Gasteiger partial charge in [-0.25, -0.2) is 9.97 Å². The molecule has 1 atom stereocenters. The lowest BCUT2D eigenvalue weighted by atomic mass is 10.1. The van der Waals surface area contributed by atoms with Gasteiger partial charge in [0.25, 0.3) is 11.8 Å². The smallest absolute Gasteiger partial charge is 0.433 e. The number of amides is 1. The molecular weight excluding hydrogens is 363 g/mol. The van der Waals surface area contributed by atoms with E-state index >= 15 is 0 Å². The zero-order valence-electron chi connectivity index (χ0n) is 14.0. The zero-order chi connectivity index (χ0) is 19.4. The van der Waals surface area contributed by atoms with Gasteiger partial charge in [0.2, 0.25) is 5.69 Å². The first kappa shape index (κ1) is 18.6. The van der Waals surface area contributed by atoms with Crippen LogP contribution >= 0.6 is 0 Å². The largest absolute Gasteiger partial charge is 0.470 e. The molecule has 1 fully saturated rings. The van der Waals surface area contributed by atoms with Crippen LogP contribution in [-0.2, 0) is 6.18 Å². The van der Waals surface area contributed by atoms with Crippen LogP contribution in [0.1, 0.15) is 34.6 Å². The fourth-order valence-corrected chi connectivity index (χ4v) is 2.74. The number of carbonyl (C=O) groups is 1. The average molecular weight is 377 g/mol. The molecule has 2 aromatic heterocycles. The first-order valence-electron chi connectivity index (χ1n) is 8.09. The number of nitrogens with zero attached hydrogens (tertiary/aromatic N) is 5. The molecule has 3 rings (SSSR count). The minimum Gasteiger partial charge on any atom is -0.470 e. The van der Waals surface area contributed by atoms with E-state index in [9.17, 15) is 18.0 Å². The molecule has 140 valence electrons. The number of ether oxygens (including phenoxy) is 1. The Hall–Kier alpha value is -3.22. The molecule has 2 aromatic rings. The molecule has 1 aliphatic heterocycles. The Balaban J connectivity index is 1.69. The number of hydrogen-bond donors (Lipinski definition) is 0. The molecular formula is C17H14F3N5O2. The molecule has 0 unspecified atom stereocenters. The summed E-state index contributed by atoms with van der Waals surface area (Å²) in [5.41, 5.74) is -0.931. The Labute approximate surface area is 152 Å². The average Bonchev–Trinajstić information content (AvgIpc) is 2.67. The fraction of sp³-hybridized carbons (Fsp3) is 0.353. The standard InChI is InChI=1S/C17H14F3N5O2/c18-17(19,20)14-4-3-11(9-24-14)16(26)25-7-1-2-12(10-25)27-15-13(8-21)22-5-6-23-15/h3-6,9,12H,1-2,7,10H2/t12-/m1/s1. The van der Waals surface area contributed by atoms with Crippen molar-refractivity contribution in [2.75, 3.05) is 13.1 Å². The Morgan fingerprint density at radius 2 is 2.04 bits per heavy atom. The Bertz CT molecular complexity index is 864. The normalized spacial score (nSPS) is 17.3. The molecule has 10 heteroatoms. The number of pyridine rings is 1. The van der Waals surface area contributed by atoms with E-state index < -0.39 is 23.9 Å². The van der Waals surface area contributed by atoms with Crippen LogP contribution in [0.2, 0.25) is 0 Å². The van der Waals surface area contributed by atoms with E-state index in [4.69, 9.17) is 10.00 Å². The molecule has 0 saturated carbocycles. The first-order chi connectivity index (χ1) is 12.9. The van der Waals surface area contributed by atoms with Crippen LogP contribution in [0.3, 0.4) is 0 Å². The van der Waals surface area contributed by atoms with E-state index in [1.165, 1.54) is 17.3 Å². The third-order valence-electron chi connectivity index (χ3n) is 4.02. The highest BCUT2D eigenvalue weighted by Crippen LogP contribution is 2.27. The van der Waals surface area contributed by atoms with Crippen LogP contribution in [0.4, 0.5) is 13.2 Å².